The molecule has 2 aliphatic rings. The van der Waals surface area contributed by atoms with Crippen LogP contribution in [0.15, 0.2) is 0 Å². The van der Waals surface area contributed by atoms with Crippen molar-refractivity contribution in [3.63, 3.8) is 0 Å². The van der Waals surface area contributed by atoms with Gasteiger partial charge in [-0.25, -0.2) is 0 Å². The lowest BCUT2D eigenvalue weighted by atomic mass is 9.73. The van der Waals surface area contributed by atoms with Crippen molar-refractivity contribution < 1.29 is 9.84 Å². The van der Waals surface area contributed by atoms with Crippen LogP contribution < -0.4 is 0 Å². The summed E-state index contributed by atoms with van der Waals surface area (Å²) < 4.78 is 5.72. The Bertz CT molecular complexity index is 144. The van der Waals surface area contributed by atoms with Gasteiger partial charge in [0.05, 0.1) is 18.3 Å². The van der Waals surface area contributed by atoms with Gasteiger partial charge in [0.2, 0.25) is 0 Å². The van der Waals surface area contributed by atoms with Gasteiger partial charge in [-0.15, -0.1) is 0 Å². The molecule has 1 saturated carbocycles. The lowest BCUT2D eigenvalue weighted by Crippen LogP contribution is -2.53. The first-order valence-electron chi connectivity index (χ1n) is 5.03. The molecule has 0 aromatic heterocycles. The Labute approximate surface area is 73.9 Å². The maximum absolute atomic E-state index is 8.83. The molecule has 70 valence electrons. The molecule has 2 nitrogen and oxygen atoms in total. The maximum atomic E-state index is 8.83. The average molecular weight is 170 g/mol. The molecule has 0 amide bonds. The summed E-state index contributed by atoms with van der Waals surface area (Å²) in [7, 11) is 0. The quantitative estimate of drug-likeness (QED) is 0.649. The van der Waals surface area contributed by atoms with Gasteiger partial charge in [-0.2, -0.15) is 0 Å². The highest BCUT2D eigenvalue weighted by atomic mass is 16.5. The molecule has 0 radical (unpaired) electrons. The van der Waals surface area contributed by atoms with Crippen molar-refractivity contribution in [2.75, 3.05) is 6.61 Å². The van der Waals surface area contributed by atoms with E-state index in [4.69, 9.17) is 9.84 Å². The van der Waals surface area contributed by atoms with Crippen LogP contribution in [0.2, 0.25) is 0 Å². The Kier molecular flexibility index (Phi) is 2.13. The highest BCUT2D eigenvalue weighted by molar-refractivity contribution is 4.96. The first-order valence-corrected chi connectivity index (χ1v) is 5.03. The third-order valence-corrected chi connectivity index (χ3v) is 3.41. The SMILES string of the molecule is CC1CCC2(CC1)CC(CO)O2. The first-order chi connectivity index (χ1) is 5.74. The zero-order valence-electron chi connectivity index (χ0n) is 7.75. The number of hydrogen-bond acceptors (Lipinski definition) is 2. The molecule has 1 N–H and O–H groups in total. The fraction of sp³-hybridized carbons (Fsp3) is 1.00. The maximum Gasteiger partial charge on any atom is 0.0840 e. The van der Waals surface area contributed by atoms with Crippen LogP contribution in [0.3, 0.4) is 0 Å². The summed E-state index contributed by atoms with van der Waals surface area (Å²) in [6.45, 7) is 2.52. The van der Waals surface area contributed by atoms with Gasteiger partial charge in [0, 0.05) is 6.42 Å². The number of rotatable bonds is 1. The van der Waals surface area contributed by atoms with Gasteiger partial charge in [0.15, 0.2) is 0 Å². The van der Waals surface area contributed by atoms with E-state index in [2.05, 4.69) is 6.92 Å². The summed E-state index contributed by atoms with van der Waals surface area (Å²) in [6.07, 6.45) is 6.28. The van der Waals surface area contributed by atoms with Gasteiger partial charge in [-0.05, 0) is 31.6 Å². The Hall–Kier alpha value is -0.0800. The minimum atomic E-state index is 0.151. The molecule has 2 fully saturated rings. The van der Waals surface area contributed by atoms with E-state index in [9.17, 15) is 0 Å². The largest absolute Gasteiger partial charge is 0.394 e. The van der Waals surface area contributed by atoms with Crippen LogP contribution in [0.5, 0.6) is 0 Å². The Morgan fingerprint density at radius 1 is 1.42 bits per heavy atom. The van der Waals surface area contributed by atoms with E-state index in [1.165, 1.54) is 25.7 Å². The van der Waals surface area contributed by atoms with Crippen LogP contribution in [-0.2, 0) is 4.74 Å². The third-order valence-electron chi connectivity index (χ3n) is 3.41. The predicted octanol–water partition coefficient (Wildman–Crippen LogP) is 1.72. The molecule has 1 saturated heterocycles. The van der Waals surface area contributed by atoms with E-state index in [1.807, 2.05) is 0 Å². The first kappa shape index (κ1) is 8.52. The molecule has 1 heterocycles. The average Bonchev–Trinajstić information content (AvgIpc) is 2.02. The third kappa shape index (κ3) is 1.38. The normalized spacial score (nSPS) is 47.5. The Morgan fingerprint density at radius 3 is 2.50 bits per heavy atom. The summed E-state index contributed by atoms with van der Waals surface area (Å²) in [6, 6.07) is 0. The number of aliphatic hydroxyl groups is 1. The second kappa shape index (κ2) is 3.00. The minimum Gasteiger partial charge on any atom is -0.394 e. The fourth-order valence-corrected chi connectivity index (χ4v) is 2.47. The zero-order valence-corrected chi connectivity index (χ0v) is 7.75. The van der Waals surface area contributed by atoms with Gasteiger partial charge < -0.3 is 9.84 Å². The molecule has 0 aromatic rings. The number of aliphatic hydroxyl groups excluding tert-OH is 1. The van der Waals surface area contributed by atoms with Gasteiger partial charge in [-0.1, -0.05) is 6.92 Å². The van der Waals surface area contributed by atoms with E-state index in [0.29, 0.717) is 0 Å². The highest BCUT2D eigenvalue weighted by Gasteiger charge is 2.46. The lowest BCUT2D eigenvalue weighted by Gasteiger charge is -2.50. The standard InChI is InChI=1S/C10H18O2/c1-8-2-4-10(5-3-8)6-9(7-11)12-10/h8-9,11H,2-7H2,1H3. The molecule has 1 atom stereocenters. The van der Waals surface area contributed by atoms with Crippen LogP contribution in [0.25, 0.3) is 0 Å². The molecule has 1 unspecified atom stereocenters. The summed E-state index contributed by atoms with van der Waals surface area (Å²) in [5, 5.41) is 8.83. The second-order valence-corrected chi connectivity index (χ2v) is 4.49. The van der Waals surface area contributed by atoms with E-state index in [1.54, 1.807) is 0 Å². The molecule has 0 bridgehead atoms. The minimum absolute atomic E-state index is 0.151. The Morgan fingerprint density at radius 2 is 2.00 bits per heavy atom. The highest BCUT2D eigenvalue weighted by Crippen LogP contribution is 2.45. The second-order valence-electron chi connectivity index (χ2n) is 4.49. The topological polar surface area (TPSA) is 29.5 Å². The van der Waals surface area contributed by atoms with Crippen molar-refractivity contribution in [2.45, 2.75) is 50.7 Å². The van der Waals surface area contributed by atoms with Gasteiger partial charge >= 0.3 is 0 Å². The molecule has 2 rings (SSSR count). The van der Waals surface area contributed by atoms with E-state index < -0.39 is 0 Å². The zero-order chi connectivity index (χ0) is 8.60. The van der Waals surface area contributed by atoms with Crippen LogP contribution >= 0.6 is 0 Å². The van der Waals surface area contributed by atoms with Gasteiger partial charge in [0.1, 0.15) is 0 Å². The van der Waals surface area contributed by atoms with Crippen LogP contribution in [0, 0.1) is 5.92 Å². The van der Waals surface area contributed by atoms with Crippen molar-refractivity contribution >= 4 is 0 Å². The summed E-state index contributed by atoms with van der Waals surface area (Å²) in [5.74, 6) is 0.882. The van der Waals surface area contributed by atoms with Gasteiger partial charge in [0.25, 0.3) is 0 Å². The smallest absolute Gasteiger partial charge is 0.0840 e. The summed E-state index contributed by atoms with van der Waals surface area (Å²) in [4.78, 5) is 0. The Balaban J connectivity index is 1.83. The van der Waals surface area contributed by atoms with Crippen molar-refractivity contribution in [1.29, 1.82) is 0 Å². The van der Waals surface area contributed by atoms with Gasteiger partial charge in [-0.3, -0.25) is 0 Å². The summed E-state index contributed by atoms with van der Waals surface area (Å²) in [5.41, 5.74) is 0.194. The van der Waals surface area contributed by atoms with Crippen molar-refractivity contribution in [1.82, 2.24) is 0 Å². The van der Waals surface area contributed by atoms with Crippen LogP contribution in [0.4, 0.5) is 0 Å². The van der Waals surface area contributed by atoms with Crippen molar-refractivity contribution in [3.05, 3.63) is 0 Å². The monoisotopic (exact) mass is 170 g/mol. The number of hydrogen-bond donors (Lipinski definition) is 1. The molecule has 1 aliphatic carbocycles. The number of ether oxygens (including phenoxy) is 1. The van der Waals surface area contributed by atoms with E-state index in [-0.39, 0.29) is 18.3 Å². The molecule has 1 spiro atoms. The predicted molar refractivity (Wildman–Crippen MR) is 46.9 cm³/mol. The van der Waals surface area contributed by atoms with E-state index in [0.717, 1.165) is 12.3 Å². The van der Waals surface area contributed by atoms with Crippen LogP contribution in [-0.4, -0.2) is 23.4 Å². The van der Waals surface area contributed by atoms with Crippen molar-refractivity contribution in [3.8, 4) is 0 Å². The van der Waals surface area contributed by atoms with Crippen molar-refractivity contribution in [2.24, 2.45) is 5.92 Å². The van der Waals surface area contributed by atoms with E-state index >= 15 is 0 Å². The molecule has 0 aromatic carbocycles. The fourth-order valence-electron chi connectivity index (χ4n) is 2.47. The van der Waals surface area contributed by atoms with Crippen LogP contribution in [0.1, 0.15) is 39.0 Å². The molecule has 2 heteroatoms. The lowest BCUT2D eigenvalue weighted by molar-refractivity contribution is -0.233. The molecular formula is C10H18O2. The molecular weight excluding hydrogens is 152 g/mol. The molecule has 1 aliphatic heterocycles. The molecule has 12 heavy (non-hydrogen) atoms. The summed E-state index contributed by atoms with van der Waals surface area (Å²) >= 11 is 0.